The highest BCUT2D eigenvalue weighted by Crippen LogP contribution is 2.27. The number of anilines is 1. The normalized spacial score (nSPS) is 24.2. The Morgan fingerprint density at radius 2 is 1.76 bits per heavy atom. The fraction of sp³-hybridized carbons (Fsp3) is 0.400. The molecule has 2 N–H and O–H groups in total. The zero-order chi connectivity index (χ0) is 20.6. The first-order chi connectivity index (χ1) is 13.8. The van der Waals surface area contributed by atoms with E-state index in [9.17, 15) is 22.8 Å². The largest absolute Gasteiger partial charge is 0.471 e. The summed E-state index contributed by atoms with van der Waals surface area (Å²) in [6, 6.07) is 9.23. The minimum atomic E-state index is -4.95. The molecule has 6 nitrogen and oxygen atoms in total. The molecule has 2 bridgehead atoms. The number of hydrogen-bond donors (Lipinski definition) is 2. The van der Waals surface area contributed by atoms with Crippen molar-refractivity contribution in [2.24, 2.45) is 0 Å². The van der Waals surface area contributed by atoms with Crippen molar-refractivity contribution in [3.63, 3.8) is 0 Å². The third-order valence-electron chi connectivity index (χ3n) is 5.41. The first-order valence-corrected chi connectivity index (χ1v) is 9.41. The Labute approximate surface area is 165 Å². The van der Waals surface area contributed by atoms with Crippen LogP contribution < -0.4 is 10.6 Å². The number of piperidine rings is 1. The molecule has 1 unspecified atom stereocenters. The van der Waals surface area contributed by atoms with Crippen LogP contribution in [-0.2, 0) is 4.79 Å². The number of nitrogens with one attached hydrogen (secondary N) is 2. The van der Waals surface area contributed by atoms with E-state index in [-0.39, 0.29) is 23.3 Å². The molecule has 0 saturated carbocycles. The van der Waals surface area contributed by atoms with E-state index >= 15 is 0 Å². The molecule has 29 heavy (non-hydrogen) atoms. The Morgan fingerprint density at radius 1 is 1.07 bits per heavy atom. The van der Waals surface area contributed by atoms with Crippen molar-refractivity contribution in [2.45, 2.75) is 31.1 Å². The van der Waals surface area contributed by atoms with Gasteiger partial charge in [-0.25, -0.2) is 0 Å². The molecule has 3 aliphatic heterocycles. The molecule has 0 aliphatic carbocycles. The second-order valence-corrected chi connectivity index (χ2v) is 7.29. The van der Waals surface area contributed by atoms with Crippen LogP contribution >= 0.6 is 0 Å². The molecule has 1 atom stereocenters. The Kier molecular flexibility index (Phi) is 5.18. The van der Waals surface area contributed by atoms with Gasteiger partial charge in [0.15, 0.2) is 5.76 Å². The Bertz CT molecular complexity index is 900. The summed E-state index contributed by atoms with van der Waals surface area (Å²) >= 11 is 0. The maximum Gasteiger partial charge on any atom is 0.471 e. The summed E-state index contributed by atoms with van der Waals surface area (Å²) in [5, 5.41) is 5.21. The standard InChI is InChI=1S/C20H20F3N3O3/c21-20(22,23)19(28)25-14-3-1-12(2-4-14)16-5-6-17(29-16)18(27)15-11-24-13-7-9-26(15)10-8-13/h1-6,13,15,24H,7-11H2,(H,25,28). The zero-order valence-electron chi connectivity index (χ0n) is 15.5. The second kappa shape index (κ2) is 7.64. The van der Waals surface area contributed by atoms with E-state index in [4.69, 9.17) is 4.42 Å². The van der Waals surface area contributed by atoms with Gasteiger partial charge in [0.2, 0.25) is 5.78 Å². The van der Waals surface area contributed by atoms with Crippen molar-refractivity contribution in [3.8, 4) is 11.3 Å². The number of furan rings is 1. The topological polar surface area (TPSA) is 74.6 Å². The van der Waals surface area contributed by atoms with Crippen molar-refractivity contribution >= 4 is 17.4 Å². The van der Waals surface area contributed by atoms with Gasteiger partial charge in [0.25, 0.3) is 0 Å². The minimum Gasteiger partial charge on any atom is -0.453 e. The molecule has 3 aliphatic rings. The number of carbonyl (C=O) groups is 2. The van der Waals surface area contributed by atoms with Gasteiger partial charge in [-0.3, -0.25) is 14.5 Å². The van der Waals surface area contributed by atoms with Gasteiger partial charge in [-0.1, -0.05) is 0 Å². The van der Waals surface area contributed by atoms with Crippen LogP contribution in [0.25, 0.3) is 11.3 Å². The van der Waals surface area contributed by atoms with E-state index in [2.05, 4.69) is 10.2 Å². The molecule has 3 fully saturated rings. The highest BCUT2D eigenvalue weighted by Gasteiger charge is 2.38. The van der Waals surface area contributed by atoms with Gasteiger partial charge in [0, 0.05) is 36.9 Å². The maximum atomic E-state index is 12.9. The molecule has 2 aromatic rings. The molecule has 1 amide bonds. The molecular weight excluding hydrogens is 387 g/mol. The highest BCUT2D eigenvalue weighted by molar-refractivity contribution is 5.98. The summed E-state index contributed by atoms with van der Waals surface area (Å²) in [6.07, 6.45) is -2.88. The lowest BCUT2D eigenvalue weighted by molar-refractivity contribution is -0.167. The molecule has 9 heteroatoms. The molecule has 154 valence electrons. The minimum absolute atomic E-state index is 0.0204. The number of alkyl halides is 3. The maximum absolute atomic E-state index is 12.9. The van der Waals surface area contributed by atoms with Crippen LogP contribution in [0.3, 0.4) is 0 Å². The lowest BCUT2D eigenvalue weighted by Gasteiger charge is -2.30. The van der Waals surface area contributed by atoms with Gasteiger partial charge in [0.1, 0.15) is 5.76 Å². The lowest BCUT2D eigenvalue weighted by Crippen LogP contribution is -2.44. The number of hydrogen-bond acceptors (Lipinski definition) is 5. The predicted molar refractivity (Wildman–Crippen MR) is 99.5 cm³/mol. The van der Waals surface area contributed by atoms with Crippen LogP contribution in [-0.4, -0.2) is 54.5 Å². The van der Waals surface area contributed by atoms with Crippen LogP contribution in [0.15, 0.2) is 40.8 Å². The first kappa shape index (κ1) is 19.7. The van der Waals surface area contributed by atoms with E-state index in [1.165, 1.54) is 24.3 Å². The monoisotopic (exact) mass is 407 g/mol. The number of Topliss-reactive ketones (excluding diaryl/α,β-unsaturated/α-hetero) is 1. The number of amides is 1. The van der Waals surface area contributed by atoms with Gasteiger partial charge in [-0.05, 0) is 49.2 Å². The van der Waals surface area contributed by atoms with Gasteiger partial charge >= 0.3 is 12.1 Å². The van der Waals surface area contributed by atoms with E-state index in [1.807, 2.05) is 0 Å². The van der Waals surface area contributed by atoms with E-state index in [0.29, 0.717) is 23.9 Å². The summed E-state index contributed by atoms with van der Waals surface area (Å²) in [7, 11) is 0. The second-order valence-electron chi connectivity index (χ2n) is 7.29. The molecular formula is C20H20F3N3O3. The molecule has 0 radical (unpaired) electrons. The number of ketones is 1. The number of benzene rings is 1. The summed E-state index contributed by atoms with van der Waals surface area (Å²) in [5.74, 6) is -1.42. The van der Waals surface area contributed by atoms with Crippen LogP contribution in [0.1, 0.15) is 23.4 Å². The number of halogens is 3. The van der Waals surface area contributed by atoms with Crippen molar-refractivity contribution in [2.75, 3.05) is 25.0 Å². The predicted octanol–water partition coefficient (Wildman–Crippen LogP) is 3.07. The average molecular weight is 407 g/mol. The summed E-state index contributed by atoms with van der Waals surface area (Å²) in [6.45, 7) is 2.35. The van der Waals surface area contributed by atoms with Gasteiger partial charge in [-0.15, -0.1) is 0 Å². The smallest absolute Gasteiger partial charge is 0.453 e. The molecule has 3 saturated heterocycles. The molecule has 1 aromatic heterocycles. The SMILES string of the molecule is O=C(c1ccc(-c2ccc(NC(=O)C(F)(F)F)cc2)o1)C1CNC2CCN1CC2. The van der Waals surface area contributed by atoms with E-state index < -0.39 is 12.1 Å². The van der Waals surface area contributed by atoms with Crippen LogP contribution in [0.2, 0.25) is 0 Å². The Balaban J connectivity index is 1.46. The number of fused-ring (bicyclic) bond motifs is 4. The van der Waals surface area contributed by atoms with Crippen molar-refractivity contribution < 1.29 is 27.2 Å². The van der Waals surface area contributed by atoms with Crippen molar-refractivity contribution in [1.29, 1.82) is 0 Å². The van der Waals surface area contributed by atoms with Crippen LogP contribution in [0, 0.1) is 0 Å². The van der Waals surface area contributed by atoms with Crippen LogP contribution in [0.4, 0.5) is 18.9 Å². The fourth-order valence-corrected chi connectivity index (χ4v) is 3.79. The summed E-state index contributed by atoms with van der Waals surface area (Å²) in [5.41, 5.74) is 0.612. The van der Waals surface area contributed by atoms with E-state index in [1.54, 1.807) is 17.4 Å². The third kappa shape index (κ3) is 4.20. The fourth-order valence-electron chi connectivity index (χ4n) is 3.79. The van der Waals surface area contributed by atoms with Gasteiger partial charge in [-0.2, -0.15) is 13.2 Å². The highest BCUT2D eigenvalue weighted by atomic mass is 19.4. The molecule has 5 rings (SSSR count). The average Bonchev–Trinajstić information content (AvgIpc) is 3.00. The number of nitrogens with zero attached hydrogens (tertiary/aromatic N) is 1. The summed E-state index contributed by atoms with van der Waals surface area (Å²) in [4.78, 5) is 26.1. The number of carbonyl (C=O) groups excluding carboxylic acids is 2. The summed E-state index contributed by atoms with van der Waals surface area (Å²) < 4.78 is 42.7. The van der Waals surface area contributed by atoms with Gasteiger partial charge < -0.3 is 15.1 Å². The Hall–Kier alpha value is -2.65. The third-order valence-corrected chi connectivity index (χ3v) is 5.41. The first-order valence-electron chi connectivity index (χ1n) is 9.41. The van der Waals surface area contributed by atoms with E-state index in [0.717, 1.165) is 25.9 Å². The van der Waals surface area contributed by atoms with Crippen LogP contribution in [0.5, 0.6) is 0 Å². The molecule has 4 heterocycles. The van der Waals surface area contributed by atoms with Crippen molar-refractivity contribution in [3.05, 3.63) is 42.2 Å². The molecule has 1 aromatic carbocycles. The quantitative estimate of drug-likeness (QED) is 0.762. The lowest BCUT2D eigenvalue weighted by atomic mass is 10.0. The number of rotatable bonds is 4. The van der Waals surface area contributed by atoms with Crippen molar-refractivity contribution in [1.82, 2.24) is 10.2 Å². The zero-order valence-corrected chi connectivity index (χ0v) is 15.5. The van der Waals surface area contributed by atoms with Gasteiger partial charge in [0.05, 0.1) is 6.04 Å². The Morgan fingerprint density at radius 3 is 2.41 bits per heavy atom. The molecule has 0 spiro atoms.